The van der Waals surface area contributed by atoms with Gasteiger partial charge in [-0.1, -0.05) is 6.92 Å². The van der Waals surface area contributed by atoms with Gasteiger partial charge in [-0.3, -0.25) is 4.79 Å². The molecule has 18 heavy (non-hydrogen) atoms. The highest BCUT2D eigenvalue weighted by molar-refractivity contribution is 6.28. The molecule has 1 aliphatic rings. The molecular formula is C13H19ClN2O2. The Morgan fingerprint density at radius 1 is 1.61 bits per heavy atom. The molecule has 100 valence electrons. The highest BCUT2D eigenvalue weighted by Gasteiger charge is 2.26. The van der Waals surface area contributed by atoms with Crippen molar-refractivity contribution in [3.05, 3.63) is 23.1 Å². The standard InChI is InChI=1S/C13H19ClN2O2/c1-9-8-16(10(2)17)6-5-12(9)15-7-11-3-4-13(14)18-11/h3-4,9,12,15H,5-8H2,1-2H3. The van der Waals surface area contributed by atoms with E-state index in [0.717, 1.165) is 25.3 Å². The number of rotatable bonds is 3. The van der Waals surface area contributed by atoms with Gasteiger partial charge in [-0.2, -0.15) is 0 Å². The number of carbonyl (C=O) groups is 1. The zero-order valence-corrected chi connectivity index (χ0v) is 11.5. The first-order valence-corrected chi connectivity index (χ1v) is 6.67. The summed E-state index contributed by atoms with van der Waals surface area (Å²) in [4.78, 5) is 13.2. The highest BCUT2D eigenvalue weighted by atomic mass is 35.5. The number of amides is 1. The Kier molecular flexibility index (Phi) is 4.30. The molecule has 1 amide bonds. The molecule has 0 aliphatic carbocycles. The lowest BCUT2D eigenvalue weighted by molar-refractivity contribution is -0.130. The van der Waals surface area contributed by atoms with Crippen LogP contribution in [0.3, 0.4) is 0 Å². The second-order valence-electron chi connectivity index (χ2n) is 4.92. The molecule has 2 heterocycles. The minimum Gasteiger partial charge on any atom is -0.448 e. The van der Waals surface area contributed by atoms with Crippen LogP contribution in [0.1, 0.15) is 26.0 Å². The number of likely N-dealkylation sites (tertiary alicyclic amines) is 1. The molecular weight excluding hydrogens is 252 g/mol. The van der Waals surface area contributed by atoms with Crippen LogP contribution in [0.15, 0.2) is 16.5 Å². The summed E-state index contributed by atoms with van der Waals surface area (Å²) in [5.74, 6) is 1.47. The Morgan fingerprint density at radius 2 is 2.39 bits per heavy atom. The molecule has 2 unspecified atom stereocenters. The van der Waals surface area contributed by atoms with Gasteiger partial charge < -0.3 is 14.6 Å². The number of nitrogens with one attached hydrogen (secondary N) is 1. The Bertz CT molecular complexity index is 419. The Balaban J connectivity index is 1.82. The quantitative estimate of drug-likeness (QED) is 0.917. The number of halogens is 1. The SMILES string of the molecule is CC(=O)N1CCC(NCc2ccc(Cl)o2)C(C)C1. The van der Waals surface area contributed by atoms with Crippen LogP contribution in [0.4, 0.5) is 0 Å². The van der Waals surface area contributed by atoms with Gasteiger partial charge in [0.05, 0.1) is 6.54 Å². The first kappa shape index (κ1) is 13.4. The second-order valence-corrected chi connectivity index (χ2v) is 5.30. The predicted molar refractivity (Wildman–Crippen MR) is 70.4 cm³/mol. The monoisotopic (exact) mass is 270 g/mol. The van der Waals surface area contributed by atoms with E-state index in [0.29, 0.717) is 23.7 Å². The maximum absolute atomic E-state index is 11.3. The van der Waals surface area contributed by atoms with E-state index < -0.39 is 0 Å². The highest BCUT2D eigenvalue weighted by Crippen LogP contribution is 2.18. The normalized spacial score (nSPS) is 24.3. The molecule has 0 radical (unpaired) electrons. The van der Waals surface area contributed by atoms with Crippen molar-refractivity contribution in [3.63, 3.8) is 0 Å². The van der Waals surface area contributed by atoms with Gasteiger partial charge in [0.15, 0.2) is 5.22 Å². The molecule has 1 saturated heterocycles. The summed E-state index contributed by atoms with van der Waals surface area (Å²) in [5, 5.41) is 3.89. The van der Waals surface area contributed by atoms with Gasteiger partial charge >= 0.3 is 0 Å². The van der Waals surface area contributed by atoms with E-state index in [1.807, 2.05) is 11.0 Å². The second kappa shape index (κ2) is 5.76. The fourth-order valence-corrected chi connectivity index (χ4v) is 2.58. The van der Waals surface area contributed by atoms with Crippen LogP contribution in [0.25, 0.3) is 0 Å². The number of hydrogen-bond donors (Lipinski definition) is 1. The van der Waals surface area contributed by atoms with Crippen molar-refractivity contribution in [2.75, 3.05) is 13.1 Å². The van der Waals surface area contributed by atoms with Gasteiger partial charge in [-0.25, -0.2) is 0 Å². The van der Waals surface area contributed by atoms with Gasteiger partial charge in [0, 0.05) is 26.1 Å². The van der Waals surface area contributed by atoms with E-state index in [9.17, 15) is 4.79 Å². The molecule has 1 aliphatic heterocycles. The molecule has 1 N–H and O–H groups in total. The smallest absolute Gasteiger partial charge is 0.219 e. The lowest BCUT2D eigenvalue weighted by Crippen LogP contribution is -2.49. The number of furan rings is 1. The van der Waals surface area contributed by atoms with Gasteiger partial charge in [-0.05, 0) is 36.1 Å². The van der Waals surface area contributed by atoms with Crippen LogP contribution < -0.4 is 5.32 Å². The van der Waals surface area contributed by atoms with Crippen LogP contribution in [0.5, 0.6) is 0 Å². The molecule has 1 aromatic heterocycles. The third-order valence-corrected chi connectivity index (χ3v) is 3.72. The summed E-state index contributed by atoms with van der Waals surface area (Å²) in [6.07, 6.45) is 0.981. The first-order valence-electron chi connectivity index (χ1n) is 6.29. The van der Waals surface area contributed by atoms with E-state index in [2.05, 4.69) is 12.2 Å². The Hall–Kier alpha value is -1.00. The summed E-state index contributed by atoms with van der Waals surface area (Å²) in [6, 6.07) is 4.05. The van der Waals surface area contributed by atoms with E-state index in [1.165, 1.54) is 0 Å². The summed E-state index contributed by atoms with van der Waals surface area (Å²) >= 11 is 5.73. The maximum Gasteiger partial charge on any atom is 0.219 e. The summed E-state index contributed by atoms with van der Waals surface area (Å²) in [5.41, 5.74) is 0. The fourth-order valence-electron chi connectivity index (χ4n) is 2.41. The molecule has 0 bridgehead atoms. The molecule has 5 heteroatoms. The van der Waals surface area contributed by atoms with E-state index in [4.69, 9.17) is 16.0 Å². The van der Waals surface area contributed by atoms with Gasteiger partial charge in [0.1, 0.15) is 5.76 Å². The maximum atomic E-state index is 11.3. The lowest BCUT2D eigenvalue weighted by Gasteiger charge is -2.36. The third-order valence-electron chi connectivity index (χ3n) is 3.52. The largest absolute Gasteiger partial charge is 0.448 e. The molecule has 0 aromatic carbocycles. The predicted octanol–water partition coefficient (Wildman–Crippen LogP) is 2.28. The lowest BCUT2D eigenvalue weighted by atomic mass is 9.94. The summed E-state index contributed by atoms with van der Waals surface area (Å²) < 4.78 is 5.31. The average molecular weight is 271 g/mol. The molecule has 2 rings (SSSR count). The average Bonchev–Trinajstić information content (AvgIpc) is 2.73. The van der Waals surface area contributed by atoms with Crippen LogP contribution in [-0.4, -0.2) is 29.9 Å². The number of piperidine rings is 1. The van der Waals surface area contributed by atoms with Crippen molar-refractivity contribution in [3.8, 4) is 0 Å². The Labute approximate surface area is 112 Å². The summed E-state index contributed by atoms with van der Waals surface area (Å²) in [6.45, 7) is 6.14. The fraction of sp³-hybridized carbons (Fsp3) is 0.615. The molecule has 2 atom stereocenters. The van der Waals surface area contributed by atoms with Crippen molar-refractivity contribution in [2.45, 2.75) is 32.9 Å². The van der Waals surface area contributed by atoms with Crippen molar-refractivity contribution in [2.24, 2.45) is 5.92 Å². The minimum atomic E-state index is 0.165. The number of hydrogen-bond acceptors (Lipinski definition) is 3. The third kappa shape index (κ3) is 3.27. The van der Waals surface area contributed by atoms with Gasteiger partial charge in [0.25, 0.3) is 0 Å². The molecule has 0 spiro atoms. The van der Waals surface area contributed by atoms with Crippen LogP contribution in [0, 0.1) is 5.92 Å². The van der Waals surface area contributed by atoms with E-state index in [-0.39, 0.29) is 5.91 Å². The number of nitrogens with zero attached hydrogens (tertiary/aromatic N) is 1. The topological polar surface area (TPSA) is 45.5 Å². The Morgan fingerprint density at radius 3 is 2.94 bits per heavy atom. The van der Waals surface area contributed by atoms with Gasteiger partial charge in [-0.15, -0.1) is 0 Å². The van der Waals surface area contributed by atoms with Crippen LogP contribution >= 0.6 is 11.6 Å². The van der Waals surface area contributed by atoms with Crippen LogP contribution in [0.2, 0.25) is 5.22 Å². The molecule has 1 fully saturated rings. The molecule has 4 nitrogen and oxygen atoms in total. The van der Waals surface area contributed by atoms with Crippen molar-refractivity contribution in [1.29, 1.82) is 0 Å². The minimum absolute atomic E-state index is 0.165. The van der Waals surface area contributed by atoms with Crippen molar-refractivity contribution < 1.29 is 9.21 Å². The van der Waals surface area contributed by atoms with Crippen molar-refractivity contribution >= 4 is 17.5 Å². The van der Waals surface area contributed by atoms with Gasteiger partial charge in [0.2, 0.25) is 5.91 Å². The number of carbonyl (C=O) groups excluding carboxylic acids is 1. The molecule has 0 saturated carbocycles. The van der Waals surface area contributed by atoms with E-state index >= 15 is 0 Å². The zero-order valence-electron chi connectivity index (χ0n) is 10.8. The molecule has 1 aromatic rings. The summed E-state index contributed by atoms with van der Waals surface area (Å²) in [7, 11) is 0. The van der Waals surface area contributed by atoms with E-state index in [1.54, 1.807) is 13.0 Å². The zero-order chi connectivity index (χ0) is 13.1. The van der Waals surface area contributed by atoms with Crippen molar-refractivity contribution in [1.82, 2.24) is 10.2 Å². The van der Waals surface area contributed by atoms with Crippen LogP contribution in [-0.2, 0) is 11.3 Å². The first-order chi connectivity index (χ1) is 8.56.